The Morgan fingerprint density at radius 3 is 1.89 bits per heavy atom. The SMILES string of the molecule is CC(C)C(C(=O)O)N1CC[C@@H](c2ccccc2)C1.COc1ccccc1C1CCN(C)CC1.O=C(O)C(c1cccc2ccccc12)N1CCC(CN2CCC(c3ccc(F)cc3)CC2)C1.c1ccsc1. The van der Waals surface area contributed by atoms with Gasteiger partial charge in [-0.25, -0.2) is 4.39 Å². The molecule has 378 valence electrons. The van der Waals surface area contributed by atoms with Gasteiger partial charge in [0.05, 0.1) is 7.11 Å². The molecular weight excluding hydrogens is 908 g/mol. The van der Waals surface area contributed by atoms with Gasteiger partial charge in [0.1, 0.15) is 23.7 Å². The van der Waals surface area contributed by atoms with Crippen LogP contribution in [-0.2, 0) is 9.59 Å². The van der Waals surface area contributed by atoms with Crippen molar-refractivity contribution in [2.45, 2.75) is 82.2 Å². The maximum Gasteiger partial charge on any atom is 0.325 e. The Morgan fingerprint density at radius 1 is 0.634 bits per heavy atom. The number of carboxylic acid groups (broad SMARTS) is 2. The Kier molecular flexibility index (Phi) is 20.2. The van der Waals surface area contributed by atoms with Crippen LogP contribution in [0, 0.1) is 17.7 Å². The van der Waals surface area contributed by atoms with Crippen LogP contribution in [0.3, 0.4) is 0 Å². The number of likely N-dealkylation sites (tertiary alicyclic amines) is 4. The summed E-state index contributed by atoms with van der Waals surface area (Å²) in [5.74, 6) is 1.71. The Labute approximate surface area is 425 Å². The minimum Gasteiger partial charge on any atom is -0.496 e. The number of carbonyl (C=O) groups is 2. The van der Waals surface area contributed by atoms with Crippen LogP contribution in [0.2, 0.25) is 0 Å². The minimum absolute atomic E-state index is 0.150. The van der Waals surface area contributed by atoms with Gasteiger partial charge in [0.15, 0.2) is 0 Å². The van der Waals surface area contributed by atoms with E-state index in [2.05, 4.69) is 69.1 Å². The molecule has 1 aromatic heterocycles. The molecule has 0 aliphatic carbocycles. The van der Waals surface area contributed by atoms with Crippen LogP contribution in [0.25, 0.3) is 10.8 Å². The summed E-state index contributed by atoms with van der Waals surface area (Å²) in [5.41, 5.74) is 4.84. The molecule has 11 heteroatoms. The topological polar surface area (TPSA) is 96.8 Å². The van der Waals surface area contributed by atoms with E-state index >= 15 is 0 Å². The smallest absolute Gasteiger partial charge is 0.325 e. The van der Waals surface area contributed by atoms with Gasteiger partial charge in [0, 0.05) is 19.6 Å². The predicted octanol–water partition coefficient (Wildman–Crippen LogP) is 12.1. The van der Waals surface area contributed by atoms with Gasteiger partial charge in [-0.1, -0.05) is 129 Å². The minimum atomic E-state index is -0.771. The summed E-state index contributed by atoms with van der Waals surface area (Å²) in [6.07, 6.45) is 6.77. The second-order valence-corrected chi connectivity index (χ2v) is 20.9. The van der Waals surface area contributed by atoms with Crippen molar-refractivity contribution >= 4 is 34.0 Å². The van der Waals surface area contributed by atoms with Crippen molar-refractivity contribution in [2.75, 3.05) is 73.1 Å². The zero-order chi connectivity index (χ0) is 50.1. The van der Waals surface area contributed by atoms with E-state index < -0.39 is 18.0 Å². The number of carboxylic acids is 2. The number of halogens is 1. The highest BCUT2D eigenvalue weighted by Gasteiger charge is 2.36. The monoisotopic (exact) mass is 983 g/mol. The molecule has 0 amide bonds. The molecule has 3 unspecified atom stereocenters. The average Bonchev–Trinajstić information content (AvgIpc) is 4.22. The standard InChI is InChI=1S/C28H31FN2O2.C15H21NO2.C13H19NO.C4H4S/c29-24-10-8-21(9-11-24)22-13-15-30(16-14-22)18-20-12-17-31(19-20)27(28(32)33)26-7-3-5-23-4-1-2-6-25(23)26;1-11(2)14(15(17)18)16-9-8-13(10-16)12-6-4-3-5-7-12;1-14-9-7-11(8-10-14)12-5-3-4-6-13(12)15-2;1-2-4-5-3-1/h1-11,20,22,27H,12-19H2,(H,32,33);3-7,11,13-14H,8-10H2,1-2H3,(H,17,18);3-6,11H,7-10H2,1-2H3;1-4H/t;13-,14?;;/m.1../s1. The summed E-state index contributed by atoms with van der Waals surface area (Å²) in [7, 11) is 3.95. The van der Waals surface area contributed by atoms with Crippen molar-refractivity contribution in [3.63, 3.8) is 0 Å². The maximum absolute atomic E-state index is 13.2. The number of ether oxygens (including phenoxy) is 1. The van der Waals surface area contributed by atoms with E-state index in [1.165, 1.54) is 42.6 Å². The van der Waals surface area contributed by atoms with Gasteiger partial charge < -0.3 is 24.7 Å². The van der Waals surface area contributed by atoms with Gasteiger partial charge in [0.25, 0.3) is 0 Å². The molecule has 4 atom stereocenters. The van der Waals surface area contributed by atoms with Crippen molar-refractivity contribution in [2.24, 2.45) is 11.8 Å². The van der Waals surface area contributed by atoms with Crippen molar-refractivity contribution in [3.8, 4) is 5.75 Å². The second-order valence-electron chi connectivity index (χ2n) is 20.1. The molecule has 5 heterocycles. The van der Waals surface area contributed by atoms with E-state index in [1.807, 2.05) is 103 Å². The van der Waals surface area contributed by atoms with Gasteiger partial charge in [-0.2, -0.15) is 11.3 Å². The van der Waals surface area contributed by atoms with Crippen LogP contribution in [0.4, 0.5) is 4.39 Å². The van der Waals surface area contributed by atoms with Gasteiger partial charge in [-0.05, 0) is 176 Å². The lowest BCUT2D eigenvalue weighted by atomic mass is 9.89. The summed E-state index contributed by atoms with van der Waals surface area (Å²) in [6, 6.07) is 42.9. The van der Waals surface area contributed by atoms with Crippen LogP contribution >= 0.6 is 11.3 Å². The molecule has 4 aliphatic rings. The predicted molar refractivity (Wildman–Crippen MR) is 287 cm³/mol. The fraction of sp³-hybridized carbons (Fsp3) is 0.433. The molecule has 0 bridgehead atoms. The summed E-state index contributed by atoms with van der Waals surface area (Å²) < 4.78 is 18.6. The average molecular weight is 983 g/mol. The quantitative estimate of drug-likeness (QED) is 0.124. The van der Waals surface area contributed by atoms with Gasteiger partial charge in [-0.3, -0.25) is 19.4 Å². The van der Waals surface area contributed by atoms with Crippen LogP contribution < -0.4 is 4.74 Å². The summed E-state index contributed by atoms with van der Waals surface area (Å²) in [4.78, 5) is 32.9. The maximum atomic E-state index is 13.2. The van der Waals surface area contributed by atoms with Crippen LogP contribution in [0.1, 0.15) is 98.4 Å². The van der Waals surface area contributed by atoms with Crippen molar-refractivity contribution in [3.05, 3.63) is 172 Å². The highest BCUT2D eigenvalue weighted by atomic mass is 32.1. The van der Waals surface area contributed by atoms with E-state index in [1.54, 1.807) is 30.6 Å². The summed E-state index contributed by atoms with van der Waals surface area (Å²) in [5, 5.41) is 25.6. The first-order valence-electron chi connectivity index (χ1n) is 25.7. The second kappa shape index (κ2) is 26.9. The van der Waals surface area contributed by atoms with Crippen molar-refractivity contribution < 1.29 is 28.9 Å². The van der Waals surface area contributed by atoms with Crippen LogP contribution in [0.15, 0.2) is 144 Å². The number of thiophene rings is 1. The molecule has 5 aromatic carbocycles. The lowest BCUT2D eigenvalue weighted by Crippen LogP contribution is -2.43. The molecule has 4 fully saturated rings. The normalized spacial score (nSPS) is 20.2. The molecule has 10 rings (SSSR count). The van der Waals surface area contributed by atoms with Gasteiger partial charge in [-0.15, -0.1) is 0 Å². The Morgan fingerprint density at radius 2 is 1.24 bits per heavy atom. The number of hydrogen-bond donors (Lipinski definition) is 2. The zero-order valence-corrected chi connectivity index (χ0v) is 43.0. The highest BCUT2D eigenvalue weighted by molar-refractivity contribution is 7.07. The third-order valence-electron chi connectivity index (χ3n) is 15.0. The Balaban J connectivity index is 0.000000163. The first kappa shape index (κ1) is 53.4. The molecule has 2 N–H and O–H groups in total. The van der Waals surface area contributed by atoms with Crippen LogP contribution in [-0.4, -0.2) is 121 Å². The highest BCUT2D eigenvalue weighted by Crippen LogP contribution is 2.36. The first-order valence-corrected chi connectivity index (χ1v) is 26.7. The lowest BCUT2D eigenvalue weighted by Gasteiger charge is -2.34. The number of rotatable bonds is 12. The van der Waals surface area contributed by atoms with Gasteiger partial charge in [0.2, 0.25) is 0 Å². The van der Waals surface area contributed by atoms with E-state index in [0.717, 1.165) is 93.6 Å². The number of methoxy groups -OCH3 is 1. The number of aliphatic carboxylic acids is 2. The van der Waals surface area contributed by atoms with Crippen LogP contribution in [0.5, 0.6) is 5.75 Å². The summed E-state index contributed by atoms with van der Waals surface area (Å²) in [6.45, 7) is 12.8. The Bertz CT molecular complexity index is 2490. The van der Waals surface area contributed by atoms with Gasteiger partial charge >= 0.3 is 11.9 Å². The molecule has 0 radical (unpaired) electrons. The third-order valence-corrected chi connectivity index (χ3v) is 15.6. The Hall–Kier alpha value is -5.43. The van der Waals surface area contributed by atoms with E-state index in [-0.39, 0.29) is 17.8 Å². The number of hydrogen-bond acceptors (Lipinski definition) is 8. The third kappa shape index (κ3) is 15.1. The number of nitrogens with zero attached hydrogens (tertiary/aromatic N) is 4. The zero-order valence-electron chi connectivity index (χ0n) is 42.2. The fourth-order valence-corrected chi connectivity index (χ4v) is 11.7. The van der Waals surface area contributed by atoms with Crippen molar-refractivity contribution in [1.29, 1.82) is 0 Å². The summed E-state index contributed by atoms with van der Waals surface area (Å²) >= 11 is 1.71. The molecule has 6 aromatic rings. The molecule has 0 spiro atoms. The molecule has 0 saturated carbocycles. The lowest BCUT2D eigenvalue weighted by molar-refractivity contribution is -0.145. The number of para-hydroxylation sites is 1. The first-order chi connectivity index (χ1) is 34.5. The number of benzene rings is 5. The molecule has 71 heavy (non-hydrogen) atoms. The fourth-order valence-electron chi connectivity index (χ4n) is 11.2. The van der Waals surface area contributed by atoms with E-state index in [0.29, 0.717) is 23.7 Å². The largest absolute Gasteiger partial charge is 0.496 e. The molecule has 4 aliphatic heterocycles. The molecular formula is C60H75FN4O5S. The molecule has 4 saturated heterocycles. The van der Waals surface area contributed by atoms with E-state index in [4.69, 9.17) is 4.74 Å². The van der Waals surface area contributed by atoms with Crippen molar-refractivity contribution in [1.82, 2.24) is 19.6 Å². The van der Waals surface area contributed by atoms with E-state index in [9.17, 15) is 24.2 Å². The number of piperidine rings is 2. The number of fused-ring (bicyclic) bond motifs is 1. The molecule has 9 nitrogen and oxygen atoms in total.